The van der Waals surface area contributed by atoms with Gasteiger partial charge in [-0.05, 0) is 39.3 Å². The molecular weight excluding hydrogens is 318 g/mol. The van der Waals surface area contributed by atoms with Crippen LogP contribution in [-0.4, -0.2) is 34.7 Å². The number of amides is 1. The third-order valence-corrected chi connectivity index (χ3v) is 3.72. The number of aliphatic hydroxyl groups excluding tert-OH is 1. The van der Waals surface area contributed by atoms with Crippen molar-refractivity contribution in [2.45, 2.75) is 77.5 Å². The lowest BCUT2D eigenvalue weighted by atomic mass is 10.0. The summed E-state index contributed by atoms with van der Waals surface area (Å²) in [5, 5.41) is 13.1. The summed E-state index contributed by atoms with van der Waals surface area (Å²) in [6.45, 7) is 7.39. The summed E-state index contributed by atoms with van der Waals surface area (Å²) in [6, 6.07) is 7.56. The lowest BCUT2D eigenvalue weighted by molar-refractivity contribution is -0.160. The molecule has 140 valence electrons. The number of carbonyl (C=O) groups is 2. The molecule has 2 N–H and O–H groups in total. The average Bonchev–Trinajstić information content (AvgIpc) is 2.55. The second-order valence-corrected chi connectivity index (χ2v) is 7.27. The Morgan fingerprint density at radius 3 is 2.32 bits per heavy atom. The van der Waals surface area contributed by atoms with Crippen LogP contribution in [0.3, 0.4) is 0 Å². The highest BCUT2D eigenvalue weighted by Crippen LogP contribution is 2.14. The predicted molar refractivity (Wildman–Crippen MR) is 98.3 cm³/mol. The number of hydrogen-bond donors (Lipinski definition) is 2. The van der Waals surface area contributed by atoms with E-state index < -0.39 is 29.6 Å². The quantitative estimate of drug-likeness (QED) is 0.529. The van der Waals surface area contributed by atoms with Crippen LogP contribution in [0.2, 0.25) is 0 Å². The first-order chi connectivity index (χ1) is 11.7. The van der Waals surface area contributed by atoms with Gasteiger partial charge in [-0.25, -0.2) is 4.79 Å². The van der Waals surface area contributed by atoms with Crippen molar-refractivity contribution in [3.8, 4) is 0 Å². The molecule has 0 aliphatic heterocycles. The fraction of sp³-hybridized carbons (Fsp3) is 0.600. The molecule has 0 radical (unpaired) electrons. The molecule has 0 aliphatic rings. The fourth-order valence-electron chi connectivity index (χ4n) is 2.44. The number of nitrogens with one attached hydrogen (secondary N) is 1. The second kappa shape index (κ2) is 10.2. The minimum atomic E-state index is -1.08. The molecule has 0 spiro atoms. The van der Waals surface area contributed by atoms with Crippen LogP contribution in [0.1, 0.15) is 70.2 Å². The van der Waals surface area contributed by atoms with E-state index >= 15 is 0 Å². The van der Waals surface area contributed by atoms with Crippen molar-refractivity contribution in [3.05, 3.63) is 35.9 Å². The molecule has 0 aliphatic carbocycles. The maximum atomic E-state index is 12.5. The first-order valence-electron chi connectivity index (χ1n) is 9.01. The van der Waals surface area contributed by atoms with Gasteiger partial charge in [-0.3, -0.25) is 4.79 Å². The summed E-state index contributed by atoms with van der Waals surface area (Å²) < 4.78 is 5.37. The highest BCUT2D eigenvalue weighted by molar-refractivity contribution is 5.96. The Kier molecular flexibility index (Phi) is 8.62. The molecule has 1 unspecified atom stereocenters. The number of esters is 1. The number of aliphatic hydroxyl groups is 1. The molecule has 0 saturated carbocycles. The Labute approximate surface area is 150 Å². The Bertz CT molecular complexity index is 536. The molecular formula is C20H31NO4. The fourth-order valence-corrected chi connectivity index (χ4v) is 2.44. The molecule has 0 aromatic heterocycles. The third kappa shape index (κ3) is 8.16. The van der Waals surface area contributed by atoms with Crippen LogP contribution in [-0.2, 0) is 9.53 Å². The lowest BCUT2D eigenvalue weighted by Crippen LogP contribution is -2.51. The van der Waals surface area contributed by atoms with Gasteiger partial charge in [-0.1, -0.05) is 50.8 Å². The number of benzene rings is 1. The summed E-state index contributed by atoms with van der Waals surface area (Å²) in [7, 11) is 0. The van der Waals surface area contributed by atoms with E-state index in [1.807, 2.05) is 6.07 Å². The number of carbonyl (C=O) groups excluding carboxylic acids is 2. The summed E-state index contributed by atoms with van der Waals surface area (Å²) in [5.41, 5.74) is -0.247. The molecule has 1 aromatic carbocycles. The van der Waals surface area contributed by atoms with E-state index in [0.29, 0.717) is 12.0 Å². The van der Waals surface area contributed by atoms with E-state index in [2.05, 4.69) is 12.2 Å². The van der Waals surface area contributed by atoms with E-state index in [-0.39, 0.29) is 0 Å². The zero-order valence-electron chi connectivity index (χ0n) is 15.7. The second-order valence-electron chi connectivity index (χ2n) is 7.27. The Morgan fingerprint density at radius 2 is 1.76 bits per heavy atom. The topological polar surface area (TPSA) is 75.6 Å². The molecule has 5 heteroatoms. The minimum Gasteiger partial charge on any atom is -0.458 e. The van der Waals surface area contributed by atoms with E-state index in [1.165, 1.54) is 0 Å². The van der Waals surface area contributed by atoms with Gasteiger partial charge in [-0.2, -0.15) is 0 Å². The first kappa shape index (κ1) is 21.2. The van der Waals surface area contributed by atoms with Crippen molar-refractivity contribution in [1.29, 1.82) is 0 Å². The van der Waals surface area contributed by atoms with E-state index in [9.17, 15) is 14.7 Å². The molecule has 1 rings (SSSR count). The SMILES string of the molecule is CCCCCCC(O)[C@H](NC(=O)c1ccccc1)C(=O)OC(C)(C)C. The van der Waals surface area contributed by atoms with E-state index in [4.69, 9.17) is 4.74 Å². The summed E-state index contributed by atoms with van der Waals surface area (Å²) >= 11 is 0. The summed E-state index contributed by atoms with van der Waals surface area (Å²) in [5.74, 6) is -1.01. The highest BCUT2D eigenvalue weighted by Gasteiger charge is 2.32. The van der Waals surface area contributed by atoms with Gasteiger partial charge in [-0.15, -0.1) is 0 Å². The van der Waals surface area contributed by atoms with Gasteiger partial charge in [0.05, 0.1) is 6.10 Å². The molecule has 0 saturated heterocycles. The van der Waals surface area contributed by atoms with Gasteiger partial charge in [0.1, 0.15) is 5.60 Å². The van der Waals surface area contributed by atoms with Crippen molar-refractivity contribution < 1.29 is 19.4 Å². The predicted octanol–water partition coefficient (Wildman–Crippen LogP) is 3.46. The van der Waals surface area contributed by atoms with Crippen molar-refractivity contribution in [1.82, 2.24) is 5.32 Å². The van der Waals surface area contributed by atoms with Gasteiger partial charge in [0.25, 0.3) is 5.91 Å². The normalized spacial score (nSPS) is 13.8. The van der Waals surface area contributed by atoms with E-state index in [0.717, 1.165) is 25.7 Å². The molecule has 25 heavy (non-hydrogen) atoms. The van der Waals surface area contributed by atoms with E-state index in [1.54, 1.807) is 45.0 Å². The van der Waals surface area contributed by atoms with Gasteiger partial charge >= 0.3 is 5.97 Å². The Morgan fingerprint density at radius 1 is 1.12 bits per heavy atom. The van der Waals surface area contributed by atoms with Crippen LogP contribution in [0, 0.1) is 0 Å². The maximum Gasteiger partial charge on any atom is 0.331 e. The van der Waals surface area contributed by atoms with Crippen LogP contribution in [0.5, 0.6) is 0 Å². The molecule has 5 nitrogen and oxygen atoms in total. The van der Waals surface area contributed by atoms with Gasteiger partial charge in [0.2, 0.25) is 0 Å². The Balaban J connectivity index is 2.79. The van der Waals surface area contributed by atoms with Crippen molar-refractivity contribution in [2.75, 3.05) is 0 Å². The number of hydrogen-bond acceptors (Lipinski definition) is 4. The minimum absolute atomic E-state index is 0.399. The molecule has 1 aromatic rings. The Hall–Kier alpha value is -1.88. The van der Waals surface area contributed by atoms with Crippen LogP contribution in [0.25, 0.3) is 0 Å². The summed E-state index contributed by atoms with van der Waals surface area (Å²) in [4.78, 5) is 24.8. The van der Waals surface area contributed by atoms with Crippen molar-refractivity contribution in [2.24, 2.45) is 0 Å². The highest BCUT2D eigenvalue weighted by atomic mass is 16.6. The number of unbranched alkanes of at least 4 members (excludes halogenated alkanes) is 3. The molecule has 0 bridgehead atoms. The van der Waals surface area contributed by atoms with Gasteiger partial charge in [0.15, 0.2) is 6.04 Å². The first-order valence-corrected chi connectivity index (χ1v) is 9.01. The number of ether oxygens (including phenoxy) is 1. The summed E-state index contributed by atoms with van der Waals surface area (Å²) in [6.07, 6.45) is 3.44. The third-order valence-electron chi connectivity index (χ3n) is 3.72. The van der Waals surface area contributed by atoms with Crippen LogP contribution >= 0.6 is 0 Å². The van der Waals surface area contributed by atoms with Crippen molar-refractivity contribution >= 4 is 11.9 Å². The zero-order valence-corrected chi connectivity index (χ0v) is 15.7. The van der Waals surface area contributed by atoms with Gasteiger partial charge in [0, 0.05) is 5.56 Å². The average molecular weight is 349 g/mol. The standard InChI is InChI=1S/C20H31NO4/c1-5-6-7-11-14-16(22)17(19(24)25-20(2,3)4)21-18(23)15-12-9-8-10-13-15/h8-10,12-13,16-17,22H,5-7,11,14H2,1-4H3,(H,21,23)/t16?,17-/m0/s1. The zero-order chi connectivity index (χ0) is 18.9. The lowest BCUT2D eigenvalue weighted by Gasteiger charge is -2.27. The van der Waals surface area contributed by atoms with Crippen molar-refractivity contribution in [3.63, 3.8) is 0 Å². The monoisotopic (exact) mass is 349 g/mol. The smallest absolute Gasteiger partial charge is 0.331 e. The molecule has 0 heterocycles. The molecule has 0 fully saturated rings. The van der Waals surface area contributed by atoms with Crippen LogP contribution in [0.4, 0.5) is 0 Å². The number of rotatable bonds is 9. The molecule has 1 amide bonds. The largest absolute Gasteiger partial charge is 0.458 e. The van der Waals surface area contributed by atoms with Crippen LogP contribution < -0.4 is 5.32 Å². The van der Waals surface area contributed by atoms with Gasteiger partial charge < -0.3 is 15.2 Å². The maximum absolute atomic E-state index is 12.5. The molecule has 2 atom stereocenters. The van der Waals surface area contributed by atoms with Crippen LogP contribution in [0.15, 0.2) is 30.3 Å².